The molecule has 0 atom stereocenters. The summed E-state index contributed by atoms with van der Waals surface area (Å²) in [4.78, 5) is 17.1. The van der Waals surface area contributed by atoms with Gasteiger partial charge in [0.1, 0.15) is 0 Å². The van der Waals surface area contributed by atoms with E-state index in [-0.39, 0.29) is 0 Å². The highest BCUT2D eigenvalue weighted by atomic mass is 33.1. The third-order valence-corrected chi connectivity index (χ3v) is 0. The Hall–Kier alpha value is -0.760. The Balaban J connectivity index is -0.0000000787. The molecule has 0 aliphatic rings. The van der Waals surface area contributed by atoms with Crippen LogP contribution in [-0.2, 0) is 0 Å². The molecular formula is C2H6O6S2. The normalized spacial score (nSPS) is 5.40. The fourth-order valence-electron chi connectivity index (χ4n) is 0. The number of rotatable bonds is 0. The van der Waals surface area contributed by atoms with Crippen LogP contribution >= 0.6 is 23.3 Å². The van der Waals surface area contributed by atoms with E-state index in [4.69, 9.17) is 30.0 Å². The zero-order valence-electron chi connectivity index (χ0n) is 4.50. The lowest BCUT2D eigenvalue weighted by molar-refractivity contribution is 0.135. The van der Waals surface area contributed by atoms with Crippen LogP contribution in [-0.4, -0.2) is 32.7 Å². The molecule has 62 valence electrons. The minimum absolute atomic E-state index is 1.83. The number of carboxylic acid groups (broad SMARTS) is 4. The Labute approximate surface area is 66.3 Å². The first-order valence-corrected chi connectivity index (χ1v) is 3.10. The zero-order valence-corrected chi connectivity index (χ0v) is 6.29. The minimum Gasteiger partial charge on any atom is -0.450 e. The van der Waals surface area contributed by atoms with Gasteiger partial charge in [0, 0.05) is 0 Å². The molecule has 8 heteroatoms. The second-order valence-corrected chi connectivity index (χ2v) is 0.565. The summed E-state index contributed by atoms with van der Waals surface area (Å²) < 4.78 is 0. The molecule has 0 amide bonds. The van der Waals surface area contributed by atoms with Crippen molar-refractivity contribution in [1.29, 1.82) is 0 Å². The van der Waals surface area contributed by atoms with Crippen LogP contribution in [0.4, 0.5) is 9.59 Å². The minimum atomic E-state index is -1.83. The molecular weight excluding hydrogens is 184 g/mol. The second kappa shape index (κ2) is 15.7. The molecule has 10 heavy (non-hydrogen) atoms. The molecule has 0 saturated carbocycles. The average molecular weight is 190 g/mol. The molecule has 0 aromatic rings. The van der Waals surface area contributed by atoms with E-state index in [0.717, 1.165) is 0 Å². The maximum atomic E-state index is 8.56. The predicted octanol–water partition coefficient (Wildman–Crippen LogP) is 1.21. The summed E-state index contributed by atoms with van der Waals surface area (Å²) in [5.41, 5.74) is 0. The molecule has 0 heterocycles. The van der Waals surface area contributed by atoms with Crippen LogP contribution in [0.3, 0.4) is 0 Å². The summed E-state index contributed by atoms with van der Waals surface area (Å²) in [6, 6.07) is 0. The molecule has 0 fully saturated rings. The van der Waals surface area contributed by atoms with Gasteiger partial charge in [0.2, 0.25) is 0 Å². The highest BCUT2D eigenvalue weighted by Gasteiger charge is 1.70. The average Bonchev–Trinajstić information content (AvgIpc) is 1.66. The summed E-state index contributed by atoms with van der Waals surface area (Å²) in [7, 11) is 0. The standard InChI is InChI=1S/2CH2O3.H2S2/c2*2-1(3)4;1-2/h2*(H2,2,3,4);1-2H. The van der Waals surface area contributed by atoms with Gasteiger partial charge in [-0.25, -0.2) is 9.59 Å². The molecule has 0 aliphatic carbocycles. The van der Waals surface area contributed by atoms with Crippen molar-refractivity contribution in [2.24, 2.45) is 0 Å². The number of carbonyl (C=O) groups is 2. The maximum Gasteiger partial charge on any atom is 0.503 e. The quantitative estimate of drug-likeness (QED) is 0.252. The van der Waals surface area contributed by atoms with Crippen LogP contribution in [0.5, 0.6) is 0 Å². The molecule has 0 aliphatic heterocycles. The smallest absolute Gasteiger partial charge is 0.450 e. The third kappa shape index (κ3) is 488. The highest BCUT2D eigenvalue weighted by Crippen LogP contribution is 1.65. The van der Waals surface area contributed by atoms with Crippen molar-refractivity contribution in [3.63, 3.8) is 0 Å². The van der Waals surface area contributed by atoms with E-state index in [2.05, 4.69) is 23.3 Å². The van der Waals surface area contributed by atoms with Gasteiger partial charge >= 0.3 is 12.3 Å². The maximum absolute atomic E-state index is 8.56. The Morgan fingerprint density at radius 2 is 0.800 bits per heavy atom. The summed E-state index contributed by atoms with van der Waals surface area (Å²) in [6.07, 6.45) is -3.67. The zero-order chi connectivity index (χ0) is 9.15. The van der Waals surface area contributed by atoms with Gasteiger partial charge in [0.25, 0.3) is 0 Å². The van der Waals surface area contributed by atoms with Crippen molar-refractivity contribution in [2.75, 3.05) is 0 Å². The SMILES string of the molecule is O=C(O)O.O=C(O)O.SS. The van der Waals surface area contributed by atoms with Gasteiger partial charge in [-0.3, -0.25) is 0 Å². The molecule has 0 radical (unpaired) electrons. The van der Waals surface area contributed by atoms with Gasteiger partial charge in [-0.1, -0.05) is 0 Å². The topological polar surface area (TPSA) is 115 Å². The molecule has 0 spiro atoms. The van der Waals surface area contributed by atoms with Crippen LogP contribution in [0.1, 0.15) is 0 Å². The van der Waals surface area contributed by atoms with E-state index < -0.39 is 12.3 Å². The molecule has 0 rings (SSSR count). The third-order valence-electron chi connectivity index (χ3n) is 0. The van der Waals surface area contributed by atoms with Gasteiger partial charge in [-0.05, 0) is 0 Å². The van der Waals surface area contributed by atoms with E-state index in [1.54, 1.807) is 0 Å². The first-order valence-electron chi connectivity index (χ1n) is 1.50. The van der Waals surface area contributed by atoms with Gasteiger partial charge < -0.3 is 20.4 Å². The summed E-state index contributed by atoms with van der Waals surface area (Å²) >= 11 is 6.44. The predicted molar refractivity (Wildman–Crippen MR) is 39.3 cm³/mol. The molecule has 6 nitrogen and oxygen atoms in total. The van der Waals surface area contributed by atoms with Crippen molar-refractivity contribution in [3.8, 4) is 0 Å². The fraction of sp³-hybridized carbons (Fsp3) is 0. The van der Waals surface area contributed by atoms with Gasteiger partial charge in [0.15, 0.2) is 0 Å². The van der Waals surface area contributed by atoms with Gasteiger partial charge in [-0.2, -0.15) is 0 Å². The van der Waals surface area contributed by atoms with Crippen LogP contribution in [0.2, 0.25) is 0 Å². The van der Waals surface area contributed by atoms with Crippen LogP contribution in [0, 0.1) is 0 Å². The number of thiol groups is 2. The summed E-state index contributed by atoms with van der Waals surface area (Å²) in [5, 5.41) is 27.9. The monoisotopic (exact) mass is 190 g/mol. The summed E-state index contributed by atoms with van der Waals surface area (Å²) in [5.74, 6) is 0. The van der Waals surface area contributed by atoms with Crippen molar-refractivity contribution in [3.05, 3.63) is 0 Å². The van der Waals surface area contributed by atoms with E-state index >= 15 is 0 Å². The second-order valence-electron chi connectivity index (χ2n) is 0.565. The van der Waals surface area contributed by atoms with Crippen LogP contribution in [0.15, 0.2) is 0 Å². The van der Waals surface area contributed by atoms with E-state index in [0.29, 0.717) is 0 Å². The Morgan fingerprint density at radius 3 is 0.800 bits per heavy atom. The lowest BCUT2D eigenvalue weighted by Crippen LogP contribution is -1.81. The van der Waals surface area contributed by atoms with Gasteiger partial charge in [0.05, 0.1) is 0 Å². The lowest BCUT2D eigenvalue weighted by Gasteiger charge is -1.60. The fourth-order valence-corrected chi connectivity index (χ4v) is 0. The first kappa shape index (κ1) is 16.1. The van der Waals surface area contributed by atoms with Crippen molar-refractivity contribution in [2.45, 2.75) is 0 Å². The Morgan fingerprint density at radius 1 is 0.800 bits per heavy atom. The largest absolute Gasteiger partial charge is 0.503 e. The highest BCUT2D eigenvalue weighted by molar-refractivity contribution is 8.59. The van der Waals surface area contributed by atoms with Crippen molar-refractivity contribution in [1.82, 2.24) is 0 Å². The molecule has 0 unspecified atom stereocenters. The van der Waals surface area contributed by atoms with Crippen molar-refractivity contribution >= 4 is 35.6 Å². The van der Waals surface area contributed by atoms with E-state index in [9.17, 15) is 0 Å². The molecule has 4 N–H and O–H groups in total. The van der Waals surface area contributed by atoms with Crippen molar-refractivity contribution < 1.29 is 30.0 Å². The molecule has 0 aromatic carbocycles. The van der Waals surface area contributed by atoms with Crippen LogP contribution < -0.4 is 0 Å². The van der Waals surface area contributed by atoms with E-state index in [1.807, 2.05) is 0 Å². The summed E-state index contributed by atoms with van der Waals surface area (Å²) in [6.45, 7) is 0. The molecule has 0 aromatic heterocycles. The van der Waals surface area contributed by atoms with Crippen LogP contribution in [0.25, 0.3) is 0 Å². The van der Waals surface area contributed by atoms with E-state index in [1.165, 1.54) is 0 Å². The van der Waals surface area contributed by atoms with Gasteiger partial charge in [-0.15, -0.1) is 23.3 Å². The first-order chi connectivity index (χ1) is 4.46. The Bertz CT molecular complexity index is 71.7. The Kier molecular flexibility index (Phi) is 25.3. The molecule has 0 saturated heterocycles. The number of hydrogen-bond acceptors (Lipinski definition) is 4. The molecule has 0 bridgehead atoms. The number of hydrogen-bond donors (Lipinski definition) is 6. The lowest BCUT2D eigenvalue weighted by atomic mass is 11.5.